The number of allylic oxidation sites excluding steroid dienone is 1. The van der Waals surface area contributed by atoms with Crippen LogP contribution in [0.4, 0.5) is 0 Å². The minimum Gasteiger partial charge on any atom is -0.478 e. The minimum absolute atomic E-state index is 0.665. The summed E-state index contributed by atoms with van der Waals surface area (Å²) in [4.78, 5) is 10.4. The Labute approximate surface area is 125 Å². The van der Waals surface area contributed by atoms with E-state index in [1.807, 2.05) is 12.1 Å². The lowest BCUT2D eigenvalue weighted by Gasteiger charge is -2.28. The minimum atomic E-state index is -0.851. The predicted molar refractivity (Wildman–Crippen MR) is 82.2 cm³/mol. The molecule has 0 saturated heterocycles. The zero-order valence-electron chi connectivity index (χ0n) is 11.6. The molecular formula is C17H21ClO2. The molecule has 1 saturated carbocycles. The standard InChI is InChI=1S/C17H21ClO2/c18-16-11-9-15(10-12-16)14-7-5-13(6-8-14)3-1-2-4-17(19)20/h2,4,9-14H,1,3,5-8H2,(H,19,20)/b4-2+. The fourth-order valence-electron chi connectivity index (χ4n) is 3.04. The number of aliphatic carboxylic acids is 1. The Balaban J connectivity index is 1.75. The van der Waals surface area contributed by atoms with Crippen LogP contribution in [0.15, 0.2) is 36.4 Å². The van der Waals surface area contributed by atoms with Gasteiger partial charge in [-0.2, -0.15) is 0 Å². The van der Waals surface area contributed by atoms with Gasteiger partial charge in [-0.3, -0.25) is 0 Å². The molecule has 0 radical (unpaired) electrons. The van der Waals surface area contributed by atoms with E-state index in [4.69, 9.17) is 16.7 Å². The van der Waals surface area contributed by atoms with E-state index in [1.165, 1.54) is 37.3 Å². The molecule has 0 heterocycles. The van der Waals surface area contributed by atoms with E-state index in [0.29, 0.717) is 5.92 Å². The first-order valence-electron chi connectivity index (χ1n) is 7.30. The Bertz CT molecular complexity index is 456. The molecule has 1 aromatic rings. The zero-order chi connectivity index (χ0) is 14.4. The molecule has 3 heteroatoms. The maximum absolute atomic E-state index is 10.4. The van der Waals surface area contributed by atoms with Gasteiger partial charge in [-0.1, -0.05) is 29.8 Å². The van der Waals surface area contributed by atoms with Crippen molar-refractivity contribution in [2.45, 2.75) is 44.4 Å². The van der Waals surface area contributed by atoms with Crippen molar-refractivity contribution in [2.75, 3.05) is 0 Å². The van der Waals surface area contributed by atoms with Gasteiger partial charge in [0.05, 0.1) is 0 Å². The van der Waals surface area contributed by atoms with Crippen LogP contribution in [0.5, 0.6) is 0 Å². The molecule has 0 spiro atoms. The molecule has 0 amide bonds. The summed E-state index contributed by atoms with van der Waals surface area (Å²) in [5, 5.41) is 9.33. The maximum Gasteiger partial charge on any atom is 0.327 e. The second kappa shape index (κ2) is 7.49. The second-order valence-electron chi connectivity index (χ2n) is 5.59. The number of hydrogen-bond acceptors (Lipinski definition) is 1. The van der Waals surface area contributed by atoms with E-state index >= 15 is 0 Å². The first-order chi connectivity index (χ1) is 9.65. The second-order valence-corrected chi connectivity index (χ2v) is 6.02. The van der Waals surface area contributed by atoms with Crippen LogP contribution in [-0.2, 0) is 4.79 Å². The van der Waals surface area contributed by atoms with Gasteiger partial charge in [0, 0.05) is 11.1 Å². The highest BCUT2D eigenvalue weighted by Gasteiger charge is 2.21. The van der Waals surface area contributed by atoms with Crippen molar-refractivity contribution in [3.63, 3.8) is 0 Å². The molecular weight excluding hydrogens is 272 g/mol. The highest BCUT2D eigenvalue weighted by atomic mass is 35.5. The molecule has 1 aromatic carbocycles. The molecule has 1 aliphatic carbocycles. The normalized spacial score (nSPS) is 23.1. The number of rotatable bonds is 5. The average Bonchev–Trinajstić information content (AvgIpc) is 2.45. The highest BCUT2D eigenvalue weighted by molar-refractivity contribution is 6.30. The fraction of sp³-hybridized carbons (Fsp3) is 0.471. The third-order valence-corrected chi connectivity index (χ3v) is 4.44. The first kappa shape index (κ1) is 15.1. The van der Waals surface area contributed by atoms with Crippen molar-refractivity contribution in [2.24, 2.45) is 5.92 Å². The first-order valence-corrected chi connectivity index (χ1v) is 7.68. The summed E-state index contributed by atoms with van der Waals surface area (Å²) >= 11 is 5.92. The van der Waals surface area contributed by atoms with E-state index in [1.54, 1.807) is 6.08 Å². The third-order valence-electron chi connectivity index (χ3n) is 4.19. The lowest BCUT2D eigenvalue weighted by atomic mass is 9.77. The Kier molecular flexibility index (Phi) is 5.66. The van der Waals surface area contributed by atoms with Crippen LogP contribution in [-0.4, -0.2) is 11.1 Å². The van der Waals surface area contributed by atoms with Crippen LogP contribution < -0.4 is 0 Å². The summed E-state index contributed by atoms with van der Waals surface area (Å²) < 4.78 is 0. The summed E-state index contributed by atoms with van der Waals surface area (Å²) in [6, 6.07) is 8.23. The topological polar surface area (TPSA) is 37.3 Å². The van der Waals surface area contributed by atoms with Crippen molar-refractivity contribution in [3.05, 3.63) is 47.0 Å². The Morgan fingerprint density at radius 2 is 1.85 bits per heavy atom. The summed E-state index contributed by atoms with van der Waals surface area (Å²) in [6.07, 6.45) is 9.96. The van der Waals surface area contributed by atoms with Gasteiger partial charge in [0.2, 0.25) is 0 Å². The van der Waals surface area contributed by atoms with Gasteiger partial charge in [-0.15, -0.1) is 0 Å². The maximum atomic E-state index is 10.4. The van der Waals surface area contributed by atoms with Crippen LogP contribution in [0.2, 0.25) is 5.02 Å². The largest absolute Gasteiger partial charge is 0.478 e. The molecule has 1 fully saturated rings. The Hall–Kier alpha value is -1.28. The molecule has 0 bridgehead atoms. The Morgan fingerprint density at radius 3 is 2.45 bits per heavy atom. The van der Waals surface area contributed by atoms with Crippen molar-refractivity contribution in [1.29, 1.82) is 0 Å². The van der Waals surface area contributed by atoms with E-state index < -0.39 is 5.97 Å². The summed E-state index contributed by atoms with van der Waals surface area (Å²) in [5.74, 6) is 0.562. The van der Waals surface area contributed by atoms with E-state index in [0.717, 1.165) is 23.8 Å². The van der Waals surface area contributed by atoms with Crippen LogP contribution in [0.25, 0.3) is 0 Å². The molecule has 1 aliphatic rings. The summed E-state index contributed by atoms with van der Waals surface area (Å²) in [5.41, 5.74) is 1.40. The van der Waals surface area contributed by atoms with Gasteiger partial charge in [0.15, 0.2) is 0 Å². The SMILES string of the molecule is O=C(O)/C=C/CCC1CCC(c2ccc(Cl)cc2)CC1. The number of carboxylic acid groups (broad SMARTS) is 1. The molecule has 2 rings (SSSR count). The van der Waals surface area contributed by atoms with E-state index in [9.17, 15) is 4.79 Å². The fourth-order valence-corrected chi connectivity index (χ4v) is 3.16. The lowest BCUT2D eigenvalue weighted by Crippen LogP contribution is -2.13. The summed E-state index contributed by atoms with van der Waals surface area (Å²) in [6.45, 7) is 0. The van der Waals surface area contributed by atoms with Crippen molar-refractivity contribution in [3.8, 4) is 0 Å². The smallest absolute Gasteiger partial charge is 0.327 e. The van der Waals surface area contributed by atoms with Crippen molar-refractivity contribution >= 4 is 17.6 Å². The molecule has 0 atom stereocenters. The van der Waals surface area contributed by atoms with Crippen molar-refractivity contribution in [1.82, 2.24) is 0 Å². The van der Waals surface area contributed by atoms with E-state index in [-0.39, 0.29) is 0 Å². The number of carbonyl (C=O) groups is 1. The molecule has 1 N–H and O–H groups in total. The van der Waals surface area contributed by atoms with Gasteiger partial charge < -0.3 is 5.11 Å². The monoisotopic (exact) mass is 292 g/mol. The number of carboxylic acids is 1. The number of halogens is 1. The molecule has 2 nitrogen and oxygen atoms in total. The van der Waals surface area contributed by atoms with Crippen LogP contribution in [0, 0.1) is 5.92 Å². The van der Waals surface area contributed by atoms with Gasteiger partial charge in [-0.05, 0) is 68.1 Å². The van der Waals surface area contributed by atoms with Crippen LogP contribution in [0.3, 0.4) is 0 Å². The van der Waals surface area contributed by atoms with Crippen molar-refractivity contribution < 1.29 is 9.90 Å². The number of benzene rings is 1. The van der Waals surface area contributed by atoms with E-state index in [2.05, 4.69) is 12.1 Å². The molecule has 0 unspecified atom stereocenters. The third kappa shape index (κ3) is 4.68. The molecule has 0 aliphatic heterocycles. The molecule has 0 aromatic heterocycles. The average molecular weight is 293 g/mol. The zero-order valence-corrected chi connectivity index (χ0v) is 12.4. The van der Waals surface area contributed by atoms with Gasteiger partial charge >= 0.3 is 5.97 Å². The van der Waals surface area contributed by atoms with Crippen LogP contribution >= 0.6 is 11.6 Å². The number of hydrogen-bond donors (Lipinski definition) is 1. The Morgan fingerprint density at radius 1 is 1.20 bits per heavy atom. The molecule has 20 heavy (non-hydrogen) atoms. The van der Waals surface area contributed by atoms with Gasteiger partial charge in [0.25, 0.3) is 0 Å². The van der Waals surface area contributed by atoms with Gasteiger partial charge in [-0.25, -0.2) is 4.79 Å². The predicted octanol–water partition coefficient (Wildman–Crippen LogP) is 5.03. The quantitative estimate of drug-likeness (QED) is 0.772. The molecule has 108 valence electrons. The van der Waals surface area contributed by atoms with Gasteiger partial charge in [0.1, 0.15) is 0 Å². The lowest BCUT2D eigenvalue weighted by molar-refractivity contribution is -0.131. The van der Waals surface area contributed by atoms with Crippen LogP contribution in [0.1, 0.15) is 50.0 Å². The highest BCUT2D eigenvalue weighted by Crippen LogP contribution is 2.37. The summed E-state index contributed by atoms with van der Waals surface area (Å²) in [7, 11) is 0.